The first-order chi connectivity index (χ1) is 13.8. The first-order valence-corrected chi connectivity index (χ1v) is 8.34. The zero-order valence-corrected chi connectivity index (χ0v) is 14.6. The van der Waals surface area contributed by atoms with Gasteiger partial charge >= 0.3 is 6.18 Å². The standard InChI is InChI=1S/C18H10F4N6O/c1-26-8-10-9-7-11(19)15(18(20,21)22)24-16(9)28(17(29)14(10)25-26)13-4-2-3-12-23-5-6-27(12)13/h2-8H,1H3. The van der Waals surface area contributed by atoms with Crippen LogP contribution in [0.1, 0.15) is 5.69 Å². The van der Waals surface area contributed by atoms with Crippen LogP contribution >= 0.6 is 0 Å². The predicted octanol–water partition coefficient (Wildman–Crippen LogP) is 3.08. The van der Waals surface area contributed by atoms with Crippen LogP contribution in [0.2, 0.25) is 0 Å². The molecule has 0 aliphatic rings. The maximum atomic E-state index is 14.3. The maximum Gasteiger partial charge on any atom is 0.436 e. The van der Waals surface area contributed by atoms with Crippen LogP contribution in [0.25, 0.3) is 33.4 Å². The summed E-state index contributed by atoms with van der Waals surface area (Å²) in [6.07, 6.45) is -0.543. The number of aryl methyl sites for hydroxylation is 1. The van der Waals surface area contributed by atoms with E-state index < -0.39 is 23.2 Å². The van der Waals surface area contributed by atoms with E-state index in [4.69, 9.17) is 0 Å². The third-order valence-electron chi connectivity index (χ3n) is 4.60. The molecule has 0 aliphatic carbocycles. The molecule has 0 unspecified atom stereocenters. The maximum absolute atomic E-state index is 14.3. The molecule has 0 fully saturated rings. The van der Waals surface area contributed by atoms with Crippen LogP contribution in [0.3, 0.4) is 0 Å². The number of imidazole rings is 1. The van der Waals surface area contributed by atoms with E-state index in [0.29, 0.717) is 5.65 Å². The lowest BCUT2D eigenvalue weighted by molar-refractivity contribution is -0.143. The highest BCUT2D eigenvalue weighted by Gasteiger charge is 2.37. The Hall–Kier alpha value is -3.76. The summed E-state index contributed by atoms with van der Waals surface area (Å²) < 4.78 is 58.1. The summed E-state index contributed by atoms with van der Waals surface area (Å²) in [5.74, 6) is -1.32. The summed E-state index contributed by atoms with van der Waals surface area (Å²) in [7, 11) is 1.56. The molecule has 11 heteroatoms. The summed E-state index contributed by atoms with van der Waals surface area (Å²) in [4.78, 5) is 20.9. The van der Waals surface area contributed by atoms with Gasteiger partial charge in [0.25, 0.3) is 5.56 Å². The molecule has 5 aromatic rings. The van der Waals surface area contributed by atoms with Crippen molar-refractivity contribution in [1.29, 1.82) is 0 Å². The summed E-state index contributed by atoms with van der Waals surface area (Å²) in [5.41, 5.74) is -2.24. The second-order valence-corrected chi connectivity index (χ2v) is 6.43. The minimum Gasteiger partial charge on any atom is -0.285 e. The van der Waals surface area contributed by atoms with Gasteiger partial charge in [0.15, 0.2) is 17.0 Å². The average Bonchev–Trinajstić information content (AvgIpc) is 3.28. The number of aromatic nitrogens is 6. The molecule has 146 valence electrons. The van der Waals surface area contributed by atoms with E-state index in [0.717, 1.165) is 10.6 Å². The van der Waals surface area contributed by atoms with Crippen LogP contribution in [0, 0.1) is 5.82 Å². The van der Waals surface area contributed by atoms with Crippen molar-refractivity contribution in [3.8, 4) is 5.82 Å². The van der Waals surface area contributed by atoms with Crippen molar-refractivity contribution < 1.29 is 17.6 Å². The monoisotopic (exact) mass is 402 g/mol. The Morgan fingerprint density at radius 2 is 1.93 bits per heavy atom. The second kappa shape index (κ2) is 5.63. The fraction of sp³-hybridized carbons (Fsp3) is 0.111. The quantitative estimate of drug-likeness (QED) is 0.404. The molecular weight excluding hydrogens is 392 g/mol. The minimum atomic E-state index is -5.02. The number of hydrogen-bond donors (Lipinski definition) is 0. The zero-order chi connectivity index (χ0) is 20.5. The van der Waals surface area contributed by atoms with Crippen molar-refractivity contribution >= 4 is 27.6 Å². The van der Waals surface area contributed by atoms with E-state index in [1.807, 2.05) is 0 Å². The molecule has 0 N–H and O–H groups in total. The molecular formula is C18H10F4N6O. The van der Waals surface area contributed by atoms with Crippen molar-refractivity contribution in [3.05, 3.63) is 64.7 Å². The third-order valence-corrected chi connectivity index (χ3v) is 4.60. The van der Waals surface area contributed by atoms with Crippen LogP contribution in [-0.2, 0) is 13.2 Å². The molecule has 0 aromatic carbocycles. The van der Waals surface area contributed by atoms with E-state index >= 15 is 0 Å². The van der Waals surface area contributed by atoms with E-state index in [1.165, 1.54) is 27.5 Å². The molecule has 0 bridgehead atoms. The minimum absolute atomic E-state index is 0.0157. The molecule has 7 nitrogen and oxygen atoms in total. The van der Waals surface area contributed by atoms with Crippen molar-refractivity contribution in [2.24, 2.45) is 7.05 Å². The van der Waals surface area contributed by atoms with Gasteiger partial charge in [-0.05, 0) is 18.2 Å². The summed E-state index contributed by atoms with van der Waals surface area (Å²) in [6.45, 7) is 0. The van der Waals surface area contributed by atoms with Gasteiger partial charge in [0, 0.05) is 36.4 Å². The molecule has 0 amide bonds. The number of rotatable bonds is 1. The molecule has 0 spiro atoms. The zero-order valence-electron chi connectivity index (χ0n) is 14.6. The van der Waals surface area contributed by atoms with Gasteiger partial charge in [0.1, 0.15) is 17.1 Å². The molecule has 5 heterocycles. The summed E-state index contributed by atoms with van der Waals surface area (Å²) in [5, 5.41) is 4.35. The molecule has 0 aliphatic heterocycles. The first kappa shape index (κ1) is 17.3. The number of fused-ring (bicyclic) bond motifs is 4. The average molecular weight is 402 g/mol. The van der Waals surface area contributed by atoms with Gasteiger partial charge in [-0.2, -0.15) is 18.3 Å². The Morgan fingerprint density at radius 3 is 2.69 bits per heavy atom. The Kier molecular flexibility index (Phi) is 3.37. The first-order valence-electron chi connectivity index (χ1n) is 8.34. The van der Waals surface area contributed by atoms with Gasteiger partial charge in [0.05, 0.1) is 0 Å². The van der Waals surface area contributed by atoms with Crippen LogP contribution in [0.4, 0.5) is 17.6 Å². The normalized spacial score (nSPS) is 12.4. The van der Waals surface area contributed by atoms with Crippen molar-refractivity contribution in [2.75, 3.05) is 0 Å². The molecule has 0 atom stereocenters. The van der Waals surface area contributed by atoms with Gasteiger partial charge in [-0.15, -0.1) is 0 Å². The Bertz CT molecular complexity index is 1490. The SMILES string of the molecule is Cn1cc2c(n1)c(=O)n(-c1cccc3nccn13)c1nc(C(F)(F)F)c(F)cc21. The highest BCUT2D eigenvalue weighted by atomic mass is 19.4. The Balaban J connectivity index is 2.05. The topological polar surface area (TPSA) is 70.0 Å². The van der Waals surface area contributed by atoms with Crippen LogP contribution in [0.15, 0.2) is 47.7 Å². The number of hydrogen-bond acceptors (Lipinski definition) is 4. The Labute approximate surface area is 158 Å². The molecule has 29 heavy (non-hydrogen) atoms. The van der Waals surface area contributed by atoms with Crippen LogP contribution in [-0.4, -0.2) is 28.7 Å². The highest BCUT2D eigenvalue weighted by Crippen LogP contribution is 2.33. The predicted molar refractivity (Wildman–Crippen MR) is 95.3 cm³/mol. The van der Waals surface area contributed by atoms with Crippen molar-refractivity contribution in [3.63, 3.8) is 0 Å². The van der Waals surface area contributed by atoms with E-state index in [1.54, 1.807) is 25.4 Å². The van der Waals surface area contributed by atoms with Crippen molar-refractivity contribution in [1.82, 2.24) is 28.7 Å². The summed E-state index contributed by atoms with van der Waals surface area (Å²) in [6, 6.07) is 5.54. The molecule has 0 radical (unpaired) electrons. The number of nitrogens with zero attached hydrogens (tertiary/aromatic N) is 6. The molecule has 5 aromatic heterocycles. The number of halogens is 4. The summed E-state index contributed by atoms with van der Waals surface area (Å²) >= 11 is 0. The molecule has 0 saturated heterocycles. The lowest BCUT2D eigenvalue weighted by Crippen LogP contribution is -2.23. The lowest BCUT2D eigenvalue weighted by Gasteiger charge is -2.14. The highest BCUT2D eigenvalue weighted by molar-refractivity contribution is 6.03. The second-order valence-electron chi connectivity index (χ2n) is 6.43. The molecule has 5 rings (SSSR count). The van der Waals surface area contributed by atoms with E-state index in [9.17, 15) is 22.4 Å². The number of alkyl halides is 3. The number of pyridine rings is 3. The fourth-order valence-corrected chi connectivity index (χ4v) is 3.42. The largest absolute Gasteiger partial charge is 0.436 e. The van der Waals surface area contributed by atoms with Gasteiger partial charge in [-0.25, -0.2) is 18.9 Å². The van der Waals surface area contributed by atoms with Crippen LogP contribution in [0.5, 0.6) is 0 Å². The van der Waals surface area contributed by atoms with Gasteiger partial charge in [0.2, 0.25) is 0 Å². The van der Waals surface area contributed by atoms with Gasteiger partial charge in [-0.1, -0.05) is 6.07 Å². The van der Waals surface area contributed by atoms with E-state index in [2.05, 4.69) is 15.1 Å². The third kappa shape index (κ3) is 2.43. The van der Waals surface area contributed by atoms with E-state index in [-0.39, 0.29) is 27.8 Å². The van der Waals surface area contributed by atoms with Crippen molar-refractivity contribution in [2.45, 2.75) is 6.18 Å². The smallest absolute Gasteiger partial charge is 0.285 e. The Morgan fingerprint density at radius 1 is 1.14 bits per heavy atom. The molecule has 0 saturated carbocycles. The van der Waals surface area contributed by atoms with Gasteiger partial charge in [-0.3, -0.25) is 13.9 Å². The van der Waals surface area contributed by atoms with Gasteiger partial charge < -0.3 is 0 Å². The fourth-order valence-electron chi connectivity index (χ4n) is 3.42. The lowest BCUT2D eigenvalue weighted by atomic mass is 10.1. The van der Waals surface area contributed by atoms with Crippen LogP contribution < -0.4 is 5.56 Å².